The third-order valence-corrected chi connectivity index (χ3v) is 1.60. The van der Waals surface area contributed by atoms with Gasteiger partial charge in [-0.1, -0.05) is 18.2 Å². The summed E-state index contributed by atoms with van der Waals surface area (Å²) in [4.78, 5) is 0. The van der Waals surface area contributed by atoms with Gasteiger partial charge >= 0.3 is 0 Å². The molecule has 0 unspecified atom stereocenters. The van der Waals surface area contributed by atoms with E-state index in [9.17, 15) is 9.50 Å². The largest absolute Gasteiger partial charge is 0.508 e. The van der Waals surface area contributed by atoms with E-state index in [0.717, 1.165) is 0 Å². The van der Waals surface area contributed by atoms with Crippen LogP contribution in [0.3, 0.4) is 0 Å². The lowest BCUT2D eigenvalue weighted by molar-refractivity contribution is 0.215. The minimum Gasteiger partial charge on any atom is -0.508 e. The Bertz CT molecular complexity index is 263. The van der Waals surface area contributed by atoms with Crippen LogP contribution in [0, 0.1) is 0 Å². The molecule has 2 heteroatoms. The van der Waals surface area contributed by atoms with Gasteiger partial charge in [-0.05, 0) is 25.5 Å². The second-order valence-electron chi connectivity index (χ2n) is 3.52. The normalized spacial score (nSPS) is 11.6. The number of para-hydroxylation sites is 1. The molecule has 0 saturated heterocycles. The van der Waals surface area contributed by atoms with Gasteiger partial charge in [0, 0.05) is 6.42 Å². The van der Waals surface area contributed by atoms with Crippen LogP contribution in [0.25, 0.3) is 0 Å². The van der Waals surface area contributed by atoms with Crippen LogP contribution in [0.1, 0.15) is 19.4 Å². The molecular weight excluding hydrogens is 155 g/mol. The predicted molar refractivity (Wildman–Crippen MR) is 47.0 cm³/mol. The molecule has 0 bridgehead atoms. The van der Waals surface area contributed by atoms with Gasteiger partial charge in [-0.3, -0.25) is 0 Å². The van der Waals surface area contributed by atoms with Crippen molar-refractivity contribution in [3.05, 3.63) is 29.8 Å². The van der Waals surface area contributed by atoms with Crippen molar-refractivity contribution in [3.63, 3.8) is 0 Å². The number of hydrogen-bond donors (Lipinski definition) is 1. The molecule has 0 aliphatic carbocycles. The number of phenolic OH excluding ortho intramolecular Hbond substituents is 1. The molecule has 0 aliphatic rings. The van der Waals surface area contributed by atoms with Gasteiger partial charge in [-0.2, -0.15) is 0 Å². The number of rotatable bonds is 2. The van der Waals surface area contributed by atoms with Gasteiger partial charge in [-0.15, -0.1) is 0 Å². The smallest absolute Gasteiger partial charge is 0.118 e. The second kappa shape index (κ2) is 3.13. The van der Waals surface area contributed by atoms with Gasteiger partial charge in [0.05, 0.1) is 0 Å². The predicted octanol–water partition coefficient (Wildman–Crippen LogP) is 2.68. The maximum atomic E-state index is 13.1. The fourth-order valence-corrected chi connectivity index (χ4v) is 1.11. The fraction of sp³-hybridized carbons (Fsp3) is 0.400. The first kappa shape index (κ1) is 9.04. The van der Waals surface area contributed by atoms with Crippen molar-refractivity contribution in [2.45, 2.75) is 25.9 Å². The molecule has 0 atom stereocenters. The first-order valence-electron chi connectivity index (χ1n) is 3.95. The summed E-state index contributed by atoms with van der Waals surface area (Å²) in [6.45, 7) is 3.00. The third kappa shape index (κ3) is 2.53. The monoisotopic (exact) mass is 168 g/mol. The highest BCUT2D eigenvalue weighted by Gasteiger charge is 2.17. The third-order valence-electron chi connectivity index (χ3n) is 1.60. The summed E-state index contributed by atoms with van der Waals surface area (Å²) in [5.74, 6) is 0.170. The highest BCUT2D eigenvalue weighted by Crippen LogP contribution is 2.23. The van der Waals surface area contributed by atoms with Crippen molar-refractivity contribution in [2.24, 2.45) is 0 Å². The van der Waals surface area contributed by atoms with Crippen LogP contribution in [-0.2, 0) is 6.42 Å². The van der Waals surface area contributed by atoms with Gasteiger partial charge in [0.2, 0.25) is 0 Å². The van der Waals surface area contributed by atoms with Crippen molar-refractivity contribution in [1.29, 1.82) is 0 Å². The van der Waals surface area contributed by atoms with E-state index in [2.05, 4.69) is 0 Å². The van der Waals surface area contributed by atoms with Crippen LogP contribution in [0.2, 0.25) is 0 Å². The lowest BCUT2D eigenvalue weighted by Crippen LogP contribution is -2.15. The van der Waals surface area contributed by atoms with Gasteiger partial charge in [0.15, 0.2) is 0 Å². The number of phenols is 1. The number of hydrogen-bond acceptors (Lipinski definition) is 1. The second-order valence-corrected chi connectivity index (χ2v) is 3.52. The zero-order chi connectivity index (χ0) is 9.19. The lowest BCUT2D eigenvalue weighted by Gasteiger charge is -2.14. The fourth-order valence-electron chi connectivity index (χ4n) is 1.11. The van der Waals surface area contributed by atoms with E-state index in [-0.39, 0.29) is 12.2 Å². The molecule has 0 saturated carbocycles. The van der Waals surface area contributed by atoms with Crippen molar-refractivity contribution in [2.75, 3.05) is 0 Å². The van der Waals surface area contributed by atoms with Crippen molar-refractivity contribution in [1.82, 2.24) is 0 Å². The van der Waals surface area contributed by atoms with E-state index in [1.165, 1.54) is 13.8 Å². The van der Waals surface area contributed by atoms with Gasteiger partial charge in [-0.25, -0.2) is 4.39 Å². The summed E-state index contributed by atoms with van der Waals surface area (Å²) in [5.41, 5.74) is -0.608. The zero-order valence-electron chi connectivity index (χ0n) is 7.34. The molecule has 1 aromatic carbocycles. The van der Waals surface area contributed by atoms with E-state index in [1.54, 1.807) is 24.3 Å². The standard InChI is InChI=1S/C10H13FO/c1-10(2,11)7-8-5-3-4-6-9(8)12/h3-6,12H,7H2,1-2H3. The van der Waals surface area contributed by atoms with Crippen LogP contribution < -0.4 is 0 Å². The Morgan fingerprint density at radius 2 is 1.92 bits per heavy atom. The van der Waals surface area contributed by atoms with E-state index in [0.29, 0.717) is 5.56 Å². The van der Waals surface area contributed by atoms with Crippen molar-refractivity contribution < 1.29 is 9.50 Å². The molecule has 0 spiro atoms. The van der Waals surface area contributed by atoms with Crippen LogP contribution >= 0.6 is 0 Å². The van der Waals surface area contributed by atoms with E-state index < -0.39 is 5.67 Å². The Labute approximate surface area is 71.9 Å². The molecular formula is C10H13FO. The van der Waals surface area contributed by atoms with E-state index in [1.807, 2.05) is 0 Å². The Hall–Kier alpha value is -1.05. The van der Waals surface area contributed by atoms with Crippen molar-refractivity contribution >= 4 is 0 Å². The topological polar surface area (TPSA) is 20.2 Å². The molecule has 0 fully saturated rings. The van der Waals surface area contributed by atoms with Gasteiger partial charge in [0.1, 0.15) is 11.4 Å². The Morgan fingerprint density at radius 3 is 2.42 bits per heavy atom. The minimum atomic E-state index is -1.27. The summed E-state index contributed by atoms with van der Waals surface area (Å²) in [7, 11) is 0. The average molecular weight is 168 g/mol. The summed E-state index contributed by atoms with van der Waals surface area (Å²) in [6, 6.07) is 6.82. The van der Waals surface area contributed by atoms with Crippen LogP contribution in [0.5, 0.6) is 5.75 Å². The quantitative estimate of drug-likeness (QED) is 0.719. The number of halogens is 1. The minimum absolute atomic E-state index is 0.170. The summed E-state index contributed by atoms with van der Waals surface area (Å²) < 4.78 is 13.1. The lowest BCUT2D eigenvalue weighted by atomic mass is 10.00. The maximum Gasteiger partial charge on any atom is 0.118 e. The number of alkyl halides is 1. The number of aromatic hydroxyl groups is 1. The molecule has 0 heterocycles. The van der Waals surface area contributed by atoms with E-state index in [4.69, 9.17) is 0 Å². The van der Waals surface area contributed by atoms with Gasteiger partial charge in [0.25, 0.3) is 0 Å². The maximum absolute atomic E-state index is 13.1. The molecule has 12 heavy (non-hydrogen) atoms. The summed E-state index contributed by atoms with van der Waals surface area (Å²) >= 11 is 0. The molecule has 1 N–H and O–H groups in total. The van der Waals surface area contributed by atoms with Gasteiger partial charge < -0.3 is 5.11 Å². The molecule has 0 aliphatic heterocycles. The summed E-state index contributed by atoms with van der Waals surface area (Å²) in [5, 5.41) is 9.31. The number of benzene rings is 1. The summed E-state index contributed by atoms with van der Waals surface area (Å²) in [6.07, 6.45) is 0.250. The molecule has 1 aromatic rings. The van der Waals surface area contributed by atoms with Crippen LogP contribution in [0.4, 0.5) is 4.39 Å². The Kier molecular flexibility index (Phi) is 2.36. The molecule has 0 radical (unpaired) electrons. The molecule has 1 nitrogen and oxygen atoms in total. The zero-order valence-corrected chi connectivity index (χ0v) is 7.34. The molecule has 0 aromatic heterocycles. The van der Waals surface area contributed by atoms with Crippen LogP contribution in [-0.4, -0.2) is 10.8 Å². The van der Waals surface area contributed by atoms with Crippen molar-refractivity contribution in [3.8, 4) is 5.75 Å². The molecule has 66 valence electrons. The first-order chi connectivity index (χ1) is 5.49. The molecule has 0 amide bonds. The van der Waals surface area contributed by atoms with Crippen LogP contribution in [0.15, 0.2) is 24.3 Å². The Balaban J connectivity index is 2.83. The highest BCUT2D eigenvalue weighted by molar-refractivity contribution is 5.32. The average Bonchev–Trinajstić information content (AvgIpc) is 1.91. The SMILES string of the molecule is CC(C)(F)Cc1ccccc1O. The Morgan fingerprint density at radius 1 is 1.33 bits per heavy atom. The molecule has 1 rings (SSSR count). The van der Waals surface area contributed by atoms with E-state index >= 15 is 0 Å². The highest BCUT2D eigenvalue weighted by atomic mass is 19.1. The first-order valence-corrected chi connectivity index (χ1v) is 3.95.